The van der Waals surface area contributed by atoms with Crippen LogP contribution in [0.1, 0.15) is 70.8 Å². The summed E-state index contributed by atoms with van der Waals surface area (Å²) in [5.74, 6) is -0.419. The molecule has 5 nitrogen and oxygen atoms in total. The fraction of sp³-hybridized carbons (Fsp3) is 0.524. The number of nitrogens with zero attached hydrogens (tertiary/aromatic N) is 3. The van der Waals surface area contributed by atoms with E-state index in [1.807, 2.05) is 25.1 Å². The highest BCUT2D eigenvalue weighted by Gasteiger charge is 2.25. The molecule has 0 spiro atoms. The summed E-state index contributed by atoms with van der Waals surface area (Å²) in [4.78, 5) is 30.4. The topological polar surface area (TPSA) is 55.2 Å². The largest absolute Gasteiger partial charge is 0.273 e. The summed E-state index contributed by atoms with van der Waals surface area (Å²) in [5.41, 5.74) is 1.39. The SMILES string of the molecule is CCCCCC(=O)N(C(=O)CCCCC)n1c(=S)c(C)cc2cccnc21. The van der Waals surface area contributed by atoms with E-state index in [0.29, 0.717) is 23.1 Å². The molecule has 2 aromatic heterocycles. The van der Waals surface area contributed by atoms with Crippen LogP contribution in [0, 0.1) is 11.6 Å². The summed E-state index contributed by atoms with van der Waals surface area (Å²) in [6, 6.07) is 5.70. The quantitative estimate of drug-likeness (QED) is 0.437. The monoisotopic (exact) mass is 387 g/mol. The normalized spacial score (nSPS) is 10.9. The molecule has 0 aliphatic rings. The predicted molar refractivity (Wildman–Crippen MR) is 112 cm³/mol. The second-order valence-corrected chi connectivity index (χ2v) is 7.26. The molecule has 0 aliphatic carbocycles. The van der Waals surface area contributed by atoms with Gasteiger partial charge in [-0.25, -0.2) is 9.66 Å². The Morgan fingerprint density at radius 2 is 1.67 bits per heavy atom. The maximum absolute atomic E-state index is 13.0. The molecule has 0 unspecified atom stereocenters. The average Bonchev–Trinajstić information content (AvgIpc) is 2.65. The van der Waals surface area contributed by atoms with E-state index in [1.165, 1.54) is 5.01 Å². The van der Waals surface area contributed by atoms with Crippen LogP contribution in [0.4, 0.5) is 0 Å². The fourth-order valence-corrected chi connectivity index (χ4v) is 3.30. The van der Waals surface area contributed by atoms with E-state index in [4.69, 9.17) is 12.2 Å². The maximum atomic E-state index is 13.0. The van der Waals surface area contributed by atoms with Gasteiger partial charge in [-0.2, -0.15) is 5.01 Å². The van der Waals surface area contributed by atoms with Crippen LogP contribution in [-0.4, -0.2) is 21.5 Å². The number of aromatic nitrogens is 2. The molecular weight excluding hydrogens is 358 g/mol. The number of pyridine rings is 2. The zero-order valence-electron chi connectivity index (χ0n) is 16.5. The molecule has 0 aromatic carbocycles. The van der Waals surface area contributed by atoms with Crippen molar-refractivity contribution in [2.75, 3.05) is 5.01 Å². The Bertz CT molecular complexity index is 838. The number of unbranched alkanes of at least 4 members (excludes halogenated alkanes) is 4. The van der Waals surface area contributed by atoms with Gasteiger partial charge in [0.05, 0.1) is 0 Å². The van der Waals surface area contributed by atoms with E-state index in [9.17, 15) is 9.59 Å². The van der Waals surface area contributed by atoms with Gasteiger partial charge in [0.2, 0.25) is 11.8 Å². The van der Waals surface area contributed by atoms with E-state index < -0.39 is 0 Å². The molecule has 0 aliphatic heterocycles. The van der Waals surface area contributed by atoms with Crippen LogP contribution in [0.15, 0.2) is 24.4 Å². The summed E-state index contributed by atoms with van der Waals surface area (Å²) in [7, 11) is 0. The highest BCUT2D eigenvalue weighted by molar-refractivity contribution is 7.71. The van der Waals surface area contributed by atoms with E-state index in [0.717, 1.165) is 49.5 Å². The minimum absolute atomic E-state index is 0.210. The molecule has 0 N–H and O–H groups in total. The first-order valence-electron chi connectivity index (χ1n) is 9.84. The lowest BCUT2D eigenvalue weighted by Crippen LogP contribution is -2.46. The second-order valence-electron chi connectivity index (χ2n) is 6.87. The zero-order valence-corrected chi connectivity index (χ0v) is 17.3. The number of carbonyl (C=O) groups is 2. The standard InChI is InChI=1S/C21H29N3O2S/c1-4-6-8-12-18(25)23(19(26)13-9-7-5-2)24-20-17(11-10-14-22-20)15-16(3)21(24)27/h10-11,14-15H,4-9,12-13H2,1-3H3. The Hall–Kier alpha value is -2.08. The molecule has 0 fully saturated rings. The van der Waals surface area contributed by atoms with Crippen LogP contribution in [0.3, 0.4) is 0 Å². The fourth-order valence-electron chi connectivity index (χ4n) is 3.07. The molecule has 146 valence electrons. The minimum atomic E-state index is -0.210. The van der Waals surface area contributed by atoms with Crippen LogP contribution in [0.2, 0.25) is 0 Å². The summed E-state index contributed by atoms with van der Waals surface area (Å²) in [6.45, 7) is 6.07. The van der Waals surface area contributed by atoms with Gasteiger partial charge in [0.1, 0.15) is 4.64 Å². The third-order valence-corrected chi connectivity index (χ3v) is 5.07. The van der Waals surface area contributed by atoms with Crippen molar-refractivity contribution >= 4 is 35.1 Å². The Morgan fingerprint density at radius 3 is 2.22 bits per heavy atom. The van der Waals surface area contributed by atoms with Crippen molar-refractivity contribution in [1.29, 1.82) is 0 Å². The van der Waals surface area contributed by atoms with E-state index in [-0.39, 0.29) is 11.8 Å². The van der Waals surface area contributed by atoms with Crippen LogP contribution in [0.5, 0.6) is 0 Å². The highest BCUT2D eigenvalue weighted by Crippen LogP contribution is 2.18. The summed E-state index contributed by atoms with van der Waals surface area (Å²) in [5, 5.41) is 2.10. The number of hydrogen-bond acceptors (Lipinski definition) is 4. The van der Waals surface area contributed by atoms with Gasteiger partial charge in [0, 0.05) is 24.4 Å². The van der Waals surface area contributed by atoms with Crippen molar-refractivity contribution in [3.63, 3.8) is 0 Å². The van der Waals surface area contributed by atoms with Crippen molar-refractivity contribution in [2.45, 2.75) is 72.1 Å². The lowest BCUT2D eigenvalue weighted by Gasteiger charge is -2.25. The van der Waals surface area contributed by atoms with Crippen molar-refractivity contribution in [3.8, 4) is 0 Å². The third-order valence-electron chi connectivity index (χ3n) is 4.58. The number of aryl methyl sites for hydroxylation is 1. The Morgan fingerprint density at radius 1 is 1.07 bits per heavy atom. The molecule has 0 atom stereocenters. The average molecular weight is 388 g/mol. The first kappa shape index (κ1) is 21.2. The molecular formula is C21H29N3O2S. The Balaban J connectivity index is 2.51. The molecule has 2 heterocycles. The van der Waals surface area contributed by atoms with Gasteiger partial charge < -0.3 is 0 Å². The molecule has 6 heteroatoms. The van der Waals surface area contributed by atoms with Crippen LogP contribution < -0.4 is 5.01 Å². The number of carbonyl (C=O) groups excluding carboxylic acids is 2. The summed E-state index contributed by atoms with van der Waals surface area (Å²) in [6.07, 6.45) is 7.80. The van der Waals surface area contributed by atoms with Crippen LogP contribution in [-0.2, 0) is 9.59 Å². The van der Waals surface area contributed by atoms with E-state index >= 15 is 0 Å². The predicted octanol–water partition coefficient (Wildman–Crippen LogP) is 5.23. The van der Waals surface area contributed by atoms with Gasteiger partial charge in [-0.05, 0) is 43.5 Å². The van der Waals surface area contributed by atoms with Gasteiger partial charge in [-0.15, -0.1) is 0 Å². The smallest absolute Gasteiger partial charge is 0.248 e. The van der Waals surface area contributed by atoms with E-state index in [2.05, 4.69) is 18.8 Å². The number of imide groups is 1. The highest BCUT2D eigenvalue weighted by atomic mass is 32.1. The van der Waals surface area contributed by atoms with Crippen molar-refractivity contribution < 1.29 is 9.59 Å². The third kappa shape index (κ3) is 5.22. The van der Waals surface area contributed by atoms with Crippen molar-refractivity contribution in [1.82, 2.24) is 9.66 Å². The zero-order chi connectivity index (χ0) is 19.8. The lowest BCUT2D eigenvalue weighted by atomic mass is 10.1. The Labute approximate surface area is 166 Å². The van der Waals surface area contributed by atoms with E-state index in [1.54, 1.807) is 10.9 Å². The number of hydrogen-bond donors (Lipinski definition) is 0. The van der Waals surface area contributed by atoms with Crippen molar-refractivity contribution in [3.05, 3.63) is 34.6 Å². The van der Waals surface area contributed by atoms with Gasteiger partial charge in [-0.1, -0.05) is 51.7 Å². The molecule has 0 saturated carbocycles. The molecule has 27 heavy (non-hydrogen) atoms. The van der Waals surface area contributed by atoms with Gasteiger partial charge in [0.15, 0.2) is 5.65 Å². The minimum Gasteiger partial charge on any atom is -0.273 e. The van der Waals surface area contributed by atoms with Crippen molar-refractivity contribution in [2.24, 2.45) is 0 Å². The van der Waals surface area contributed by atoms with Gasteiger partial charge >= 0.3 is 0 Å². The molecule has 0 saturated heterocycles. The first-order chi connectivity index (χ1) is 13.0. The van der Waals surface area contributed by atoms with Gasteiger partial charge in [0.25, 0.3) is 0 Å². The number of fused-ring (bicyclic) bond motifs is 1. The van der Waals surface area contributed by atoms with Crippen LogP contribution in [0.25, 0.3) is 11.0 Å². The lowest BCUT2D eigenvalue weighted by molar-refractivity contribution is -0.129. The molecule has 0 radical (unpaired) electrons. The number of rotatable bonds is 9. The van der Waals surface area contributed by atoms with Gasteiger partial charge in [-0.3, -0.25) is 9.59 Å². The second kappa shape index (κ2) is 10.3. The first-order valence-corrected chi connectivity index (χ1v) is 10.3. The molecule has 2 amide bonds. The molecule has 2 rings (SSSR count). The molecule has 0 bridgehead atoms. The summed E-state index contributed by atoms with van der Waals surface area (Å²) >= 11 is 5.58. The maximum Gasteiger partial charge on any atom is 0.248 e. The Kier molecular flexibility index (Phi) is 8.10. The number of amides is 2. The van der Waals surface area contributed by atoms with Crippen LogP contribution >= 0.6 is 12.2 Å². The molecule has 2 aromatic rings. The summed E-state index contributed by atoms with van der Waals surface area (Å²) < 4.78 is 2.00.